The Balaban J connectivity index is 1.16. The van der Waals surface area contributed by atoms with Crippen LogP contribution < -0.4 is 10.6 Å². The second kappa shape index (κ2) is 8.36. The summed E-state index contributed by atoms with van der Waals surface area (Å²) in [6.45, 7) is 2.02. The Morgan fingerprint density at radius 3 is 2.81 bits per heavy atom. The van der Waals surface area contributed by atoms with E-state index < -0.39 is 0 Å². The number of nitrogens with one attached hydrogen (secondary N) is 2. The van der Waals surface area contributed by atoms with Gasteiger partial charge in [0.1, 0.15) is 22.8 Å². The average Bonchev–Trinajstić information content (AvgIpc) is 3.26. The van der Waals surface area contributed by atoms with Gasteiger partial charge in [-0.1, -0.05) is 41.9 Å². The molecule has 3 atom stereocenters. The van der Waals surface area contributed by atoms with E-state index in [1.165, 1.54) is 6.07 Å². The first-order valence-electron chi connectivity index (χ1n) is 12.3. The molecule has 1 aliphatic heterocycles. The van der Waals surface area contributed by atoms with Crippen molar-refractivity contribution in [1.29, 1.82) is 0 Å². The molecule has 4 N–H and O–H groups in total. The smallest absolute Gasteiger partial charge is 0.177 e. The number of aromatic amines is 2. The highest BCUT2D eigenvalue weighted by molar-refractivity contribution is 6.33. The van der Waals surface area contributed by atoms with Crippen molar-refractivity contribution in [3.05, 3.63) is 77.3 Å². The molecule has 1 saturated heterocycles. The minimum Gasteiger partial charge on any atom is -0.355 e. The Morgan fingerprint density at radius 2 is 2.03 bits per heavy atom. The van der Waals surface area contributed by atoms with Crippen LogP contribution in [0.3, 0.4) is 0 Å². The monoisotopic (exact) mass is 514 g/mol. The zero-order valence-electron chi connectivity index (χ0n) is 19.8. The van der Waals surface area contributed by atoms with Crippen LogP contribution in [0.1, 0.15) is 12.0 Å². The number of aromatic nitrogens is 6. The van der Waals surface area contributed by atoms with E-state index in [1.54, 1.807) is 18.5 Å². The van der Waals surface area contributed by atoms with Gasteiger partial charge in [0.05, 0.1) is 16.9 Å². The van der Waals surface area contributed by atoms with E-state index in [0.717, 1.165) is 47.7 Å². The van der Waals surface area contributed by atoms with Gasteiger partial charge in [-0.25, -0.2) is 14.4 Å². The van der Waals surface area contributed by atoms with Gasteiger partial charge >= 0.3 is 0 Å². The van der Waals surface area contributed by atoms with Gasteiger partial charge in [-0.3, -0.25) is 10.2 Å². The zero-order valence-corrected chi connectivity index (χ0v) is 20.6. The second-order valence-electron chi connectivity index (χ2n) is 9.83. The van der Waals surface area contributed by atoms with Crippen molar-refractivity contribution in [3.63, 3.8) is 0 Å². The SMILES string of the molecule is NC[C@]1(c2ccccc2F)[C@@H]2CCN(c3cnc4c(-c5ccc(-c6ccn[nH]6)cc5Cl)n[nH]c4n3)C[C@@H]21. The fourth-order valence-corrected chi connectivity index (χ4v) is 6.53. The quantitative estimate of drug-likeness (QED) is 0.317. The van der Waals surface area contributed by atoms with Gasteiger partial charge in [-0.15, -0.1) is 0 Å². The van der Waals surface area contributed by atoms with Crippen molar-refractivity contribution in [2.45, 2.75) is 11.8 Å². The van der Waals surface area contributed by atoms with Crippen LogP contribution in [0.25, 0.3) is 33.7 Å². The number of benzene rings is 2. The molecular formula is C27H24ClFN8. The fraction of sp³-hybridized carbons (Fsp3) is 0.259. The van der Waals surface area contributed by atoms with Gasteiger partial charge in [-0.2, -0.15) is 10.2 Å². The van der Waals surface area contributed by atoms with Gasteiger partial charge in [0, 0.05) is 42.4 Å². The molecule has 7 rings (SSSR count). The first-order valence-corrected chi connectivity index (χ1v) is 12.7. The lowest BCUT2D eigenvalue weighted by atomic mass is 9.91. The highest BCUT2D eigenvalue weighted by Gasteiger charge is 2.66. The maximum Gasteiger partial charge on any atom is 0.177 e. The topological polar surface area (TPSA) is 112 Å². The molecule has 1 saturated carbocycles. The van der Waals surface area contributed by atoms with Crippen LogP contribution in [-0.2, 0) is 5.41 Å². The van der Waals surface area contributed by atoms with Crippen LogP contribution in [0, 0.1) is 17.7 Å². The van der Waals surface area contributed by atoms with Crippen LogP contribution in [0.5, 0.6) is 0 Å². The summed E-state index contributed by atoms with van der Waals surface area (Å²) in [5.74, 6) is 1.27. The van der Waals surface area contributed by atoms with Crippen LogP contribution in [0.15, 0.2) is 60.9 Å². The summed E-state index contributed by atoms with van der Waals surface area (Å²) in [6, 6.07) is 14.7. The minimum atomic E-state index is -0.308. The lowest BCUT2D eigenvalue weighted by molar-refractivity contribution is 0.533. The highest BCUT2D eigenvalue weighted by atomic mass is 35.5. The first-order chi connectivity index (χ1) is 18.1. The van der Waals surface area contributed by atoms with Crippen molar-refractivity contribution in [3.8, 4) is 22.5 Å². The van der Waals surface area contributed by atoms with E-state index in [1.807, 2.05) is 36.4 Å². The number of nitrogens with zero attached hydrogens (tertiary/aromatic N) is 5. The van der Waals surface area contributed by atoms with Crippen LogP contribution in [0.2, 0.25) is 5.02 Å². The molecule has 10 heteroatoms. The Labute approximate surface area is 217 Å². The Hall–Kier alpha value is -3.82. The maximum atomic E-state index is 14.7. The summed E-state index contributed by atoms with van der Waals surface area (Å²) in [5, 5.41) is 15.0. The third kappa shape index (κ3) is 3.38. The number of halogens is 2. The highest BCUT2D eigenvalue weighted by Crippen LogP contribution is 2.63. The van der Waals surface area contributed by atoms with E-state index in [2.05, 4.69) is 25.3 Å². The Kier molecular flexibility index (Phi) is 5.06. The van der Waals surface area contributed by atoms with Gasteiger partial charge in [-0.05, 0) is 42.0 Å². The molecule has 0 amide bonds. The molecule has 2 fully saturated rings. The number of H-pyrrole nitrogens is 2. The summed E-state index contributed by atoms with van der Waals surface area (Å²) in [6.07, 6.45) is 4.42. The fourth-order valence-electron chi connectivity index (χ4n) is 6.26. The molecular weight excluding hydrogens is 491 g/mol. The summed E-state index contributed by atoms with van der Waals surface area (Å²) in [4.78, 5) is 11.8. The zero-order chi connectivity index (χ0) is 25.1. The van der Waals surface area contributed by atoms with E-state index >= 15 is 0 Å². The number of nitrogens with two attached hydrogens (primary N) is 1. The molecule has 8 nitrogen and oxygen atoms in total. The molecule has 0 spiro atoms. The minimum absolute atomic E-state index is 0.170. The molecule has 5 aromatic rings. The normalized spacial score (nSPS) is 22.8. The Morgan fingerprint density at radius 1 is 1.14 bits per heavy atom. The maximum absolute atomic E-state index is 14.7. The summed E-state index contributed by atoms with van der Waals surface area (Å²) >= 11 is 6.63. The van der Waals surface area contributed by atoms with E-state index in [4.69, 9.17) is 27.3 Å². The van der Waals surface area contributed by atoms with Crippen molar-refractivity contribution < 1.29 is 4.39 Å². The molecule has 0 bridgehead atoms. The lowest BCUT2D eigenvalue weighted by Gasteiger charge is -2.26. The molecule has 1 aliphatic carbocycles. The Bertz CT molecular complexity index is 1620. The van der Waals surface area contributed by atoms with E-state index in [-0.39, 0.29) is 17.2 Å². The van der Waals surface area contributed by atoms with Gasteiger partial charge in [0.25, 0.3) is 0 Å². The number of piperidine rings is 1. The van der Waals surface area contributed by atoms with Crippen LogP contribution in [-0.4, -0.2) is 50.0 Å². The molecule has 3 aromatic heterocycles. The van der Waals surface area contributed by atoms with Crippen molar-refractivity contribution in [2.75, 3.05) is 24.5 Å². The van der Waals surface area contributed by atoms with Crippen molar-refractivity contribution in [1.82, 2.24) is 30.4 Å². The summed E-state index contributed by atoms with van der Waals surface area (Å²) in [5.41, 5.74) is 11.2. The first kappa shape index (κ1) is 22.4. The van der Waals surface area contributed by atoms with Gasteiger partial charge in [0.2, 0.25) is 0 Å². The molecule has 4 heterocycles. The number of hydrogen-bond acceptors (Lipinski definition) is 6. The molecule has 186 valence electrons. The molecule has 2 aliphatic rings. The van der Waals surface area contributed by atoms with E-state index in [9.17, 15) is 4.39 Å². The van der Waals surface area contributed by atoms with Gasteiger partial charge in [0.15, 0.2) is 5.65 Å². The standard InChI is InChI=1S/C27H24ClFN8/c28-20-11-15(22-7-9-32-34-22)5-6-16(20)24-25-26(36-35-24)33-23(12-31-25)37-10-8-17-19(13-37)27(17,14-30)18-3-1-2-4-21(18)29/h1-7,9,11-12,17,19H,8,10,13-14,30H2,(H,32,34)(H,33,35,36)/t17-,19+,27-/m1/s1. The second-order valence-corrected chi connectivity index (χ2v) is 10.2. The van der Waals surface area contributed by atoms with Crippen molar-refractivity contribution >= 4 is 28.6 Å². The number of fused-ring (bicyclic) bond motifs is 2. The molecule has 0 radical (unpaired) electrons. The van der Waals surface area contributed by atoms with E-state index in [0.29, 0.717) is 34.3 Å². The molecule has 0 unspecified atom stereocenters. The van der Waals surface area contributed by atoms with Gasteiger partial charge < -0.3 is 10.6 Å². The van der Waals surface area contributed by atoms with Crippen LogP contribution in [0.4, 0.5) is 10.2 Å². The number of rotatable bonds is 5. The van der Waals surface area contributed by atoms with Crippen molar-refractivity contribution in [2.24, 2.45) is 17.6 Å². The predicted molar refractivity (Wildman–Crippen MR) is 141 cm³/mol. The number of anilines is 1. The lowest BCUT2D eigenvalue weighted by Crippen LogP contribution is -2.32. The third-order valence-electron chi connectivity index (χ3n) is 8.16. The van der Waals surface area contributed by atoms with Crippen LogP contribution >= 0.6 is 11.6 Å². The predicted octanol–water partition coefficient (Wildman–Crippen LogP) is 4.56. The molecule has 2 aromatic carbocycles. The largest absolute Gasteiger partial charge is 0.355 e. The summed E-state index contributed by atoms with van der Waals surface area (Å²) in [7, 11) is 0. The third-order valence-corrected chi connectivity index (χ3v) is 8.47. The summed E-state index contributed by atoms with van der Waals surface area (Å²) < 4.78 is 14.7. The molecule has 37 heavy (non-hydrogen) atoms. The average molecular weight is 515 g/mol. The number of hydrogen-bond donors (Lipinski definition) is 3.